The normalized spacial score (nSPS) is 20.2. The number of nitrogens with one attached hydrogen (secondary N) is 1. The van der Waals surface area contributed by atoms with Crippen LogP contribution in [0, 0.1) is 5.82 Å². The van der Waals surface area contributed by atoms with Crippen LogP contribution in [-0.4, -0.2) is 30.4 Å². The average molecular weight is 496 g/mol. The second kappa shape index (κ2) is 10.0. The number of hydrogen-bond donors (Lipinski definition) is 1. The lowest BCUT2D eigenvalue weighted by molar-refractivity contribution is -0.121. The topological polar surface area (TPSA) is 70.9 Å². The zero-order chi connectivity index (χ0) is 26.0. The molecule has 1 N–H and O–H groups in total. The van der Waals surface area contributed by atoms with Gasteiger partial charge < -0.3 is 5.32 Å². The molecule has 0 bridgehead atoms. The molecule has 7 heteroatoms. The Morgan fingerprint density at radius 1 is 0.973 bits per heavy atom. The third-order valence-corrected chi connectivity index (χ3v) is 6.74. The molecule has 0 spiro atoms. The fourth-order valence-electron chi connectivity index (χ4n) is 4.66. The summed E-state index contributed by atoms with van der Waals surface area (Å²) in [4.78, 5) is 28.5. The van der Waals surface area contributed by atoms with Crippen molar-refractivity contribution >= 4 is 35.1 Å². The summed E-state index contributed by atoms with van der Waals surface area (Å²) in [5.41, 5.74) is 4.37. The first kappa shape index (κ1) is 24.5. The van der Waals surface area contributed by atoms with E-state index < -0.39 is 0 Å². The van der Waals surface area contributed by atoms with Gasteiger partial charge in [-0.2, -0.15) is 4.99 Å². The third-order valence-electron chi connectivity index (χ3n) is 6.74. The van der Waals surface area contributed by atoms with Gasteiger partial charge in [0.2, 0.25) is 17.6 Å². The summed E-state index contributed by atoms with van der Waals surface area (Å²) in [6.07, 6.45) is 4.35. The van der Waals surface area contributed by atoms with Crippen molar-refractivity contribution in [1.82, 2.24) is 9.91 Å². The summed E-state index contributed by atoms with van der Waals surface area (Å²) in [6.45, 7) is 2.13. The maximum absolute atomic E-state index is 14.5. The van der Waals surface area contributed by atoms with E-state index >= 15 is 0 Å². The van der Waals surface area contributed by atoms with Crippen molar-refractivity contribution in [3.8, 4) is 11.1 Å². The van der Waals surface area contributed by atoms with Gasteiger partial charge in [-0.05, 0) is 58.6 Å². The number of Topliss-reactive ketones (excluding diaryl/α,β-unsaturated/α-hetero) is 1. The molecule has 0 saturated carbocycles. The summed E-state index contributed by atoms with van der Waals surface area (Å²) in [5, 5.41) is 7.52. The summed E-state index contributed by atoms with van der Waals surface area (Å²) in [5.74, 6) is 0.441. The van der Waals surface area contributed by atoms with E-state index in [0.717, 1.165) is 47.5 Å². The van der Waals surface area contributed by atoms with E-state index in [-0.39, 0.29) is 28.5 Å². The van der Waals surface area contributed by atoms with Crippen LogP contribution in [0.15, 0.2) is 88.6 Å². The van der Waals surface area contributed by atoms with Gasteiger partial charge in [0.25, 0.3) is 0 Å². The number of amides is 1. The number of hydrogen-bond acceptors (Lipinski definition) is 4. The molecule has 3 aromatic carbocycles. The quantitative estimate of drug-likeness (QED) is 0.255. The van der Waals surface area contributed by atoms with Crippen molar-refractivity contribution < 1.29 is 14.0 Å². The fraction of sp³-hybridized carbons (Fsp3) is 0.200. The van der Waals surface area contributed by atoms with Crippen LogP contribution in [0.4, 0.5) is 10.1 Å². The van der Waals surface area contributed by atoms with Gasteiger partial charge in [0.1, 0.15) is 12.9 Å². The van der Waals surface area contributed by atoms with Crippen LogP contribution in [0.25, 0.3) is 17.2 Å². The van der Waals surface area contributed by atoms with E-state index in [4.69, 9.17) is 10.1 Å². The van der Waals surface area contributed by atoms with E-state index in [2.05, 4.69) is 12.2 Å². The van der Waals surface area contributed by atoms with Gasteiger partial charge in [0, 0.05) is 18.6 Å². The highest BCUT2D eigenvalue weighted by atomic mass is 19.1. The summed E-state index contributed by atoms with van der Waals surface area (Å²) >= 11 is 0. The lowest BCUT2D eigenvalue weighted by Gasteiger charge is -2.24. The summed E-state index contributed by atoms with van der Waals surface area (Å²) in [6, 6.07) is 22.4. The van der Waals surface area contributed by atoms with Crippen molar-refractivity contribution in [3.63, 3.8) is 0 Å². The molecule has 1 atom stereocenters. The fourth-order valence-corrected chi connectivity index (χ4v) is 4.66. The Bertz CT molecular complexity index is 1470. The Morgan fingerprint density at radius 2 is 1.68 bits per heavy atom. The van der Waals surface area contributed by atoms with Crippen LogP contribution in [-0.2, 0) is 9.59 Å². The van der Waals surface area contributed by atoms with E-state index in [0.29, 0.717) is 17.1 Å². The van der Waals surface area contributed by atoms with Gasteiger partial charge in [-0.3, -0.25) is 9.59 Å². The highest BCUT2D eigenvalue weighted by Crippen LogP contribution is 2.33. The number of unbranched alkanes of at least 4 members (excludes halogenated alkanes) is 1. The molecule has 3 aromatic rings. The van der Waals surface area contributed by atoms with E-state index in [1.165, 1.54) is 6.07 Å². The number of allylic oxidation sites excluding steroid dienone is 1. The Hall–Kier alpha value is -4.23. The molecule has 0 aliphatic carbocycles. The van der Waals surface area contributed by atoms with Gasteiger partial charge >= 0.3 is 0 Å². The van der Waals surface area contributed by atoms with Gasteiger partial charge in [-0.1, -0.05) is 49.7 Å². The largest absolute Gasteiger partial charge is 0.323 e. The van der Waals surface area contributed by atoms with E-state index in [9.17, 15) is 14.0 Å². The smallest absolute Gasteiger partial charge is 0.236 e. The molecule has 2 heterocycles. The number of ketones is 1. The van der Waals surface area contributed by atoms with E-state index in [1.54, 1.807) is 24.3 Å². The number of carbonyl (C=O) groups is 2. The number of quaternary nitrogens is 1. The molecule has 6 nitrogen and oxygen atoms in total. The minimum atomic E-state index is -0.341. The van der Waals surface area contributed by atoms with Crippen LogP contribution in [0.3, 0.4) is 0 Å². The molecular weight excluding hydrogens is 467 g/mol. The molecule has 186 valence electrons. The van der Waals surface area contributed by atoms with Crippen LogP contribution in [0.5, 0.6) is 0 Å². The minimum Gasteiger partial charge on any atom is -0.323 e. The molecule has 2 aliphatic heterocycles. The van der Waals surface area contributed by atoms with E-state index in [1.807, 2.05) is 55.6 Å². The number of aliphatic imine (C=N–C) groups is 1. The van der Waals surface area contributed by atoms with Crippen LogP contribution in [0.1, 0.15) is 43.7 Å². The molecule has 0 aromatic heterocycles. The first-order chi connectivity index (χ1) is 17.9. The van der Waals surface area contributed by atoms with Gasteiger partial charge in [-0.15, -0.1) is 4.59 Å². The first-order valence-corrected chi connectivity index (χ1v) is 12.4. The number of amidine groups is 2. The maximum Gasteiger partial charge on any atom is 0.236 e. The molecule has 37 heavy (non-hydrogen) atoms. The highest BCUT2D eigenvalue weighted by molar-refractivity contribution is 6.17. The molecule has 1 amide bonds. The number of carbonyl (C=O) groups excluding carboxylic acids is 2. The van der Waals surface area contributed by atoms with Crippen LogP contribution < -0.4 is 9.91 Å². The zero-order valence-corrected chi connectivity index (χ0v) is 20.9. The summed E-state index contributed by atoms with van der Waals surface area (Å²) in [7, 11) is 1.98. The molecule has 1 saturated heterocycles. The zero-order valence-electron chi connectivity index (χ0n) is 20.9. The predicted octanol–water partition coefficient (Wildman–Crippen LogP) is 5.82. The Morgan fingerprint density at radius 3 is 2.35 bits per heavy atom. The van der Waals surface area contributed by atoms with Gasteiger partial charge in [0.15, 0.2) is 11.5 Å². The van der Waals surface area contributed by atoms with Crippen LogP contribution in [0.2, 0.25) is 0 Å². The summed E-state index contributed by atoms with van der Waals surface area (Å²) < 4.78 is 14.7. The Balaban J connectivity index is 1.50. The van der Waals surface area contributed by atoms with Crippen molar-refractivity contribution in [3.05, 3.63) is 95.4 Å². The van der Waals surface area contributed by atoms with Crippen molar-refractivity contribution in [2.75, 3.05) is 7.05 Å². The van der Waals surface area contributed by atoms with Crippen molar-refractivity contribution in [2.45, 2.75) is 32.6 Å². The number of nitrogens with zero attached hydrogens (tertiary/aromatic N) is 3. The predicted molar refractivity (Wildman–Crippen MR) is 145 cm³/mol. The Kier molecular flexibility index (Phi) is 6.63. The van der Waals surface area contributed by atoms with Crippen LogP contribution >= 0.6 is 0 Å². The SMILES string of the molecule is CCCCC1=NC(c2ccccc2F)=N[N+]1(C)c1ccc(-c2ccccc2/C=C2\NC(=O)CC2=O)cc1. The molecule has 5 rings (SSSR count). The number of halogens is 1. The monoisotopic (exact) mass is 495 g/mol. The number of rotatable bonds is 7. The lowest BCUT2D eigenvalue weighted by atomic mass is 9.98. The second-order valence-electron chi connectivity index (χ2n) is 9.33. The lowest BCUT2D eigenvalue weighted by Crippen LogP contribution is -2.43. The molecule has 1 unspecified atom stereocenters. The molecule has 0 radical (unpaired) electrons. The molecular formula is C30H28FN4O2+. The first-order valence-electron chi connectivity index (χ1n) is 12.4. The van der Waals surface area contributed by atoms with Crippen molar-refractivity contribution in [2.24, 2.45) is 10.1 Å². The van der Waals surface area contributed by atoms with Crippen molar-refractivity contribution in [1.29, 1.82) is 0 Å². The van der Waals surface area contributed by atoms with Gasteiger partial charge in [-0.25, -0.2) is 4.39 Å². The average Bonchev–Trinajstić information content (AvgIpc) is 3.41. The number of benzene rings is 3. The maximum atomic E-state index is 14.5. The molecule has 1 fully saturated rings. The van der Waals surface area contributed by atoms with Gasteiger partial charge in [0.05, 0.1) is 17.7 Å². The highest BCUT2D eigenvalue weighted by Gasteiger charge is 2.39. The third kappa shape index (κ3) is 4.78. The molecule has 2 aliphatic rings. The standard InChI is InChI=1S/C30H27FN4O2/c1-3-4-13-28-33-30(24-11-7-8-12-25(24)31)34-35(28,2)22-16-14-20(15-17-22)23-10-6-5-9-21(23)18-26-27(36)19-29(37)32-26/h5-12,14-18H,3-4,13,19H2,1-2H3/p+1/b26-18-. The second-order valence-corrected chi connectivity index (χ2v) is 9.33. The minimum absolute atomic E-state index is 0.115. The Labute approximate surface area is 215 Å².